The number of nitrogens with zero attached hydrogens (tertiary/aromatic N) is 1. The number of nitrogens with two attached hydrogens (primary N) is 1. The molecule has 0 bridgehead atoms. The van der Waals surface area contributed by atoms with Gasteiger partial charge < -0.3 is 31.1 Å². The van der Waals surface area contributed by atoms with E-state index in [1.165, 1.54) is 0 Å². The minimum absolute atomic E-state index is 0.115. The van der Waals surface area contributed by atoms with Crippen LogP contribution < -0.4 is 10.6 Å². The number of aliphatic hydroxyl groups excluding tert-OH is 2. The van der Waals surface area contributed by atoms with Gasteiger partial charge in [0.1, 0.15) is 22.8 Å². The number of anilines is 1. The van der Waals surface area contributed by atoms with E-state index in [9.17, 15) is 34.8 Å². The van der Waals surface area contributed by atoms with Gasteiger partial charge in [0, 0.05) is 37.7 Å². The van der Waals surface area contributed by atoms with Crippen molar-refractivity contribution >= 4 is 28.9 Å². The van der Waals surface area contributed by atoms with Crippen molar-refractivity contribution in [2.24, 2.45) is 23.5 Å². The average Bonchev–Trinajstić information content (AvgIpc) is 2.71. The number of primary amides is 1. The van der Waals surface area contributed by atoms with Crippen LogP contribution in [0.1, 0.15) is 43.4 Å². The Hall–Kier alpha value is -3.33. The SMILES string of the molecule is CC(C)Cc1cc(N(C)C)c2c(c1O)C(O)=C1C(=O)C3(O)C(O)=C(C(N)=O)C(=O)CC3CC1C2. The van der Waals surface area contributed by atoms with Gasteiger partial charge in [-0.1, -0.05) is 13.8 Å². The van der Waals surface area contributed by atoms with Crippen LogP contribution in [0.2, 0.25) is 0 Å². The van der Waals surface area contributed by atoms with Crippen LogP contribution in [0.4, 0.5) is 5.69 Å². The summed E-state index contributed by atoms with van der Waals surface area (Å²) in [6, 6.07) is 1.88. The third-order valence-electron chi connectivity index (χ3n) is 7.23. The Labute approximate surface area is 197 Å². The lowest BCUT2D eigenvalue weighted by molar-refractivity contribution is -0.147. The largest absolute Gasteiger partial charge is 0.508 e. The van der Waals surface area contributed by atoms with Crippen molar-refractivity contribution in [2.75, 3.05) is 19.0 Å². The Kier molecular flexibility index (Phi) is 5.51. The Morgan fingerprint density at radius 1 is 1.21 bits per heavy atom. The summed E-state index contributed by atoms with van der Waals surface area (Å²) < 4.78 is 0. The van der Waals surface area contributed by atoms with Crippen molar-refractivity contribution in [1.29, 1.82) is 0 Å². The van der Waals surface area contributed by atoms with Crippen LogP contribution in [0.3, 0.4) is 0 Å². The van der Waals surface area contributed by atoms with Crippen molar-refractivity contribution in [2.45, 2.75) is 45.1 Å². The molecule has 3 aliphatic carbocycles. The van der Waals surface area contributed by atoms with Crippen molar-refractivity contribution in [3.8, 4) is 5.75 Å². The fourth-order valence-corrected chi connectivity index (χ4v) is 5.72. The molecule has 9 nitrogen and oxygen atoms in total. The second-order valence-electron chi connectivity index (χ2n) is 10.2. The first-order chi connectivity index (χ1) is 15.8. The van der Waals surface area contributed by atoms with Crippen LogP contribution >= 0.6 is 0 Å². The molecule has 34 heavy (non-hydrogen) atoms. The highest BCUT2D eigenvalue weighted by Gasteiger charge is 2.60. The quantitative estimate of drug-likeness (QED) is 0.415. The molecule has 0 saturated heterocycles. The maximum atomic E-state index is 13.6. The summed E-state index contributed by atoms with van der Waals surface area (Å²) in [4.78, 5) is 39.7. The van der Waals surface area contributed by atoms with E-state index in [4.69, 9.17) is 5.73 Å². The van der Waals surface area contributed by atoms with Crippen LogP contribution in [0, 0.1) is 17.8 Å². The summed E-state index contributed by atoms with van der Waals surface area (Å²) in [5.41, 5.74) is 3.96. The molecule has 1 aromatic carbocycles. The molecule has 0 aromatic heterocycles. The van der Waals surface area contributed by atoms with Crippen LogP contribution in [0.15, 0.2) is 23.0 Å². The highest BCUT2D eigenvalue weighted by atomic mass is 16.3. The Morgan fingerprint density at radius 2 is 1.85 bits per heavy atom. The number of aromatic hydroxyl groups is 1. The fraction of sp³-hybridized carbons (Fsp3) is 0.480. The molecule has 1 saturated carbocycles. The third-order valence-corrected chi connectivity index (χ3v) is 7.23. The lowest BCUT2D eigenvalue weighted by Gasteiger charge is -2.46. The van der Waals surface area contributed by atoms with Crippen molar-refractivity contribution in [1.82, 2.24) is 0 Å². The summed E-state index contributed by atoms with van der Waals surface area (Å²) in [5, 5.41) is 44.4. The highest BCUT2D eigenvalue weighted by Crippen LogP contribution is 2.53. The molecule has 0 radical (unpaired) electrons. The molecule has 1 aromatic rings. The molecular weight excluding hydrogens is 440 g/mol. The number of hydrogen-bond acceptors (Lipinski definition) is 8. The number of amides is 1. The molecule has 1 amide bonds. The highest BCUT2D eigenvalue weighted by molar-refractivity contribution is 6.22. The molecule has 3 atom stereocenters. The number of rotatable bonds is 4. The zero-order chi connectivity index (χ0) is 25.3. The minimum Gasteiger partial charge on any atom is -0.508 e. The predicted molar refractivity (Wildman–Crippen MR) is 124 cm³/mol. The van der Waals surface area contributed by atoms with E-state index >= 15 is 0 Å². The number of Topliss-reactive ketones (excluding diaryl/α,β-unsaturated/α-hetero) is 2. The van der Waals surface area contributed by atoms with Gasteiger partial charge in [0.25, 0.3) is 5.91 Å². The number of hydrogen-bond donors (Lipinski definition) is 5. The van der Waals surface area contributed by atoms with Crippen molar-refractivity contribution in [3.63, 3.8) is 0 Å². The normalized spacial score (nSPS) is 26.4. The summed E-state index contributed by atoms with van der Waals surface area (Å²) in [7, 11) is 3.70. The van der Waals surface area contributed by atoms with Gasteiger partial charge in [-0.15, -0.1) is 0 Å². The average molecular weight is 471 g/mol. The van der Waals surface area contributed by atoms with Crippen LogP contribution in [0.5, 0.6) is 5.75 Å². The van der Waals surface area contributed by atoms with Crippen LogP contribution in [0.25, 0.3) is 5.76 Å². The van der Waals surface area contributed by atoms with E-state index in [0.717, 1.165) is 5.69 Å². The van der Waals surface area contributed by atoms with E-state index < -0.39 is 52.0 Å². The number of phenolic OH excluding ortho intramolecular Hbond substituents is 1. The minimum atomic E-state index is -2.55. The van der Waals surface area contributed by atoms with E-state index in [0.29, 0.717) is 17.5 Å². The van der Waals surface area contributed by atoms with E-state index in [-0.39, 0.29) is 42.1 Å². The molecule has 1 fully saturated rings. The molecule has 182 valence electrons. The molecule has 0 aliphatic heterocycles. The summed E-state index contributed by atoms with van der Waals surface area (Å²) in [6.07, 6.45) is 0.613. The number of carbonyl (C=O) groups excluding carboxylic acids is 3. The van der Waals surface area contributed by atoms with Gasteiger partial charge in [0.2, 0.25) is 5.78 Å². The van der Waals surface area contributed by atoms with E-state index in [1.54, 1.807) is 0 Å². The second kappa shape index (κ2) is 7.87. The van der Waals surface area contributed by atoms with Gasteiger partial charge in [0.05, 0.1) is 5.56 Å². The third kappa shape index (κ3) is 3.21. The first-order valence-corrected chi connectivity index (χ1v) is 11.3. The topological polar surface area (TPSA) is 161 Å². The standard InChI is InChI=1S/C25H30N2O7/c1-10(2)5-12-8-15(27(3)4)14-7-11-6-13-9-16(28)19(24(26)33)23(32)25(13,34)22(31)17(11)21(30)18(14)20(12)29/h8,10-11,13,29-30,32,34H,5-7,9H2,1-4H3,(H2,26,33). The molecule has 4 rings (SSSR count). The monoisotopic (exact) mass is 470 g/mol. The number of aliphatic hydroxyl groups is 3. The number of ketones is 2. The van der Waals surface area contributed by atoms with Crippen molar-refractivity contribution < 1.29 is 34.8 Å². The Morgan fingerprint density at radius 3 is 2.41 bits per heavy atom. The summed E-state index contributed by atoms with van der Waals surface area (Å²) in [5.74, 6) is -5.91. The molecule has 3 aliphatic rings. The summed E-state index contributed by atoms with van der Waals surface area (Å²) in [6.45, 7) is 4.00. The smallest absolute Gasteiger partial charge is 0.255 e. The van der Waals surface area contributed by atoms with Gasteiger partial charge in [-0.25, -0.2) is 0 Å². The maximum Gasteiger partial charge on any atom is 0.255 e. The van der Waals surface area contributed by atoms with Gasteiger partial charge in [-0.2, -0.15) is 0 Å². The van der Waals surface area contributed by atoms with Gasteiger partial charge in [0.15, 0.2) is 11.4 Å². The lowest BCUT2D eigenvalue weighted by atomic mass is 9.59. The lowest BCUT2D eigenvalue weighted by Crippen LogP contribution is -2.58. The van der Waals surface area contributed by atoms with Crippen molar-refractivity contribution in [3.05, 3.63) is 39.7 Å². The molecule has 0 spiro atoms. The number of benzene rings is 1. The fourth-order valence-electron chi connectivity index (χ4n) is 5.72. The van der Waals surface area contributed by atoms with Gasteiger partial charge in [-0.3, -0.25) is 14.4 Å². The van der Waals surface area contributed by atoms with Gasteiger partial charge in [-0.05, 0) is 48.3 Å². The Balaban J connectivity index is 1.96. The van der Waals surface area contributed by atoms with Crippen LogP contribution in [-0.2, 0) is 27.2 Å². The molecule has 9 heteroatoms. The number of phenols is 1. The van der Waals surface area contributed by atoms with E-state index in [2.05, 4.69) is 0 Å². The molecule has 6 N–H and O–H groups in total. The molecular formula is C25H30N2O7. The van der Waals surface area contributed by atoms with E-state index in [1.807, 2.05) is 38.9 Å². The van der Waals surface area contributed by atoms with Crippen LogP contribution in [-0.4, -0.2) is 57.6 Å². The first-order valence-electron chi connectivity index (χ1n) is 11.3. The zero-order valence-electron chi connectivity index (χ0n) is 19.7. The second-order valence-corrected chi connectivity index (χ2v) is 10.2. The Bertz CT molecular complexity index is 1190. The number of fused-ring (bicyclic) bond motifs is 3. The molecule has 0 heterocycles. The first kappa shape index (κ1) is 23.8. The number of carbonyl (C=O) groups is 3. The maximum absolute atomic E-state index is 13.6. The summed E-state index contributed by atoms with van der Waals surface area (Å²) >= 11 is 0. The predicted octanol–water partition coefficient (Wildman–Crippen LogP) is 1.69. The van der Waals surface area contributed by atoms with Gasteiger partial charge >= 0.3 is 0 Å². The zero-order valence-corrected chi connectivity index (χ0v) is 19.7. The molecule has 3 unspecified atom stereocenters.